The van der Waals surface area contributed by atoms with Gasteiger partial charge in [-0.15, -0.1) is 0 Å². The van der Waals surface area contributed by atoms with Crippen LogP contribution in [-0.4, -0.2) is 30.8 Å². The van der Waals surface area contributed by atoms with E-state index in [1.807, 2.05) is 13.0 Å². The highest BCUT2D eigenvalue weighted by Gasteiger charge is 2.31. The van der Waals surface area contributed by atoms with E-state index in [-0.39, 0.29) is 0 Å². The van der Waals surface area contributed by atoms with Gasteiger partial charge in [-0.3, -0.25) is 0 Å². The molecule has 0 unspecified atom stereocenters. The van der Waals surface area contributed by atoms with Crippen molar-refractivity contribution >= 4 is 5.82 Å². The summed E-state index contributed by atoms with van der Waals surface area (Å²) < 4.78 is 37.7. The normalized spacial score (nSPS) is 11.7. The first-order valence-corrected chi connectivity index (χ1v) is 6.94. The summed E-state index contributed by atoms with van der Waals surface area (Å²) >= 11 is 0. The molecule has 20 heavy (non-hydrogen) atoms. The Kier molecular flexibility index (Phi) is 6.78. The fraction of sp³-hybridized carbons (Fsp3) is 0.643. The second kappa shape index (κ2) is 8.09. The maximum Gasteiger partial charge on any atom is 0.405 e. The first-order chi connectivity index (χ1) is 9.46. The van der Waals surface area contributed by atoms with Crippen LogP contribution in [0.3, 0.4) is 0 Å². The largest absolute Gasteiger partial charge is 0.405 e. The number of halogens is 3. The second-order valence-corrected chi connectivity index (χ2v) is 4.70. The molecule has 0 amide bonds. The highest BCUT2D eigenvalue weighted by molar-refractivity contribution is 5.39. The molecule has 0 saturated carbocycles. The van der Waals surface area contributed by atoms with Crippen molar-refractivity contribution in [2.24, 2.45) is 0 Å². The van der Waals surface area contributed by atoms with Crippen LogP contribution in [0, 0.1) is 0 Å². The highest BCUT2D eigenvalue weighted by Crippen LogP contribution is 2.21. The van der Waals surface area contributed by atoms with Gasteiger partial charge in [0.2, 0.25) is 0 Å². The van der Waals surface area contributed by atoms with Gasteiger partial charge in [0.25, 0.3) is 0 Å². The molecule has 1 aromatic rings. The van der Waals surface area contributed by atoms with Crippen LogP contribution in [0.15, 0.2) is 18.2 Å². The molecular formula is C14H22F3N3. The number of hydrogen-bond donors (Lipinski definition) is 1. The van der Waals surface area contributed by atoms with E-state index in [2.05, 4.69) is 17.2 Å². The zero-order chi connectivity index (χ0) is 15.0. The third-order valence-electron chi connectivity index (χ3n) is 2.71. The SMILES string of the molecule is CCCNCc1cccc(N(CCC)CC(F)(F)F)n1. The van der Waals surface area contributed by atoms with Gasteiger partial charge in [-0.2, -0.15) is 13.2 Å². The van der Waals surface area contributed by atoms with Crippen LogP contribution in [0.4, 0.5) is 19.0 Å². The van der Waals surface area contributed by atoms with Crippen LogP contribution in [0.2, 0.25) is 0 Å². The van der Waals surface area contributed by atoms with E-state index in [1.54, 1.807) is 12.1 Å². The zero-order valence-corrected chi connectivity index (χ0v) is 12.0. The van der Waals surface area contributed by atoms with Crippen molar-refractivity contribution in [1.29, 1.82) is 0 Å². The monoisotopic (exact) mass is 289 g/mol. The summed E-state index contributed by atoms with van der Waals surface area (Å²) in [5.74, 6) is 0.389. The number of alkyl halides is 3. The summed E-state index contributed by atoms with van der Waals surface area (Å²) in [5, 5.41) is 3.19. The fourth-order valence-electron chi connectivity index (χ4n) is 1.90. The van der Waals surface area contributed by atoms with E-state index >= 15 is 0 Å². The predicted molar refractivity (Wildman–Crippen MR) is 74.8 cm³/mol. The minimum Gasteiger partial charge on any atom is -0.348 e. The molecule has 0 bridgehead atoms. The van der Waals surface area contributed by atoms with Crippen molar-refractivity contribution in [2.45, 2.75) is 39.4 Å². The van der Waals surface area contributed by atoms with Gasteiger partial charge in [0.1, 0.15) is 12.4 Å². The van der Waals surface area contributed by atoms with E-state index in [0.717, 1.165) is 18.7 Å². The number of nitrogens with one attached hydrogen (secondary N) is 1. The fourth-order valence-corrected chi connectivity index (χ4v) is 1.90. The zero-order valence-electron chi connectivity index (χ0n) is 12.0. The molecule has 0 aromatic carbocycles. The molecule has 0 spiro atoms. The van der Waals surface area contributed by atoms with Gasteiger partial charge in [-0.05, 0) is 31.5 Å². The van der Waals surface area contributed by atoms with Crippen molar-refractivity contribution in [3.8, 4) is 0 Å². The Bertz CT molecular complexity index is 393. The number of nitrogens with zero attached hydrogens (tertiary/aromatic N) is 2. The molecule has 0 fully saturated rings. The predicted octanol–water partition coefficient (Wildman–Crippen LogP) is 3.36. The van der Waals surface area contributed by atoms with E-state index in [9.17, 15) is 13.2 Å². The summed E-state index contributed by atoms with van der Waals surface area (Å²) in [6, 6.07) is 5.21. The van der Waals surface area contributed by atoms with Crippen molar-refractivity contribution in [3.63, 3.8) is 0 Å². The maximum atomic E-state index is 12.6. The molecular weight excluding hydrogens is 267 g/mol. The molecule has 1 rings (SSSR count). The van der Waals surface area contributed by atoms with Crippen LogP contribution in [0.25, 0.3) is 0 Å². The lowest BCUT2D eigenvalue weighted by atomic mass is 10.3. The first-order valence-electron chi connectivity index (χ1n) is 6.94. The van der Waals surface area contributed by atoms with Crippen LogP contribution < -0.4 is 10.2 Å². The van der Waals surface area contributed by atoms with E-state index in [0.29, 0.717) is 25.3 Å². The van der Waals surface area contributed by atoms with E-state index in [4.69, 9.17) is 0 Å². The van der Waals surface area contributed by atoms with Gasteiger partial charge in [-0.25, -0.2) is 4.98 Å². The third kappa shape index (κ3) is 6.23. The van der Waals surface area contributed by atoms with E-state index < -0.39 is 12.7 Å². The Balaban J connectivity index is 2.77. The summed E-state index contributed by atoms with van der Waals surface area (Å²) in [5.41, 5.74) is 0.763. The minimum absolute atomic E-state index is 0.346. The molecule has 0 aliphatic heterocycles. The summed E-state index contributed by atoms with van der Waals surface area (Å²) in [6.07, 6.45) is -2.56. The Hall–Kier alpha value is -1.30. The molecule has 1 N–H and O–H groups in total. The lowest BCUT2D eigenvalue weighted by molar-refractivity contribution is -0.119. The van der Waals surface area contributed by atoms with Gasteiger partial charge in [0, 0.05) is 13.1 Å². The smallest absolute Gasteiger partial charge is 0.348 e. The molecule has 0 aliphatic carbocycles. The molecule has 0 radical (unpaired) electrons. The standard InChI is InChI=1S/C14H22F3N3/c1-3-8-18-10-12-6-5-7-13(19-12)20(9-4-2)11-14(15,16)17/h5-7,18H,3-4,8-11H2,1-2H3. The van der Waals surface area contributed by atoms with Crippen molar-refractivity contribution in [3.05, 3.63) is 23.9 Å². The average Bonchev–Trinajstić information content (AvgIpc) is 2.37. The molecule has 114 valence electrons. The van der Waals surface area contributed by atoms with Gasteiger partial charge < -0.3 is 10.2 Å². The molecule has 1 aromatic heterocycles. The van der Waals surface area contributed by atoms with Crippen LogP contribution in [0.1, 0.15) is 32.4 Å². The van der Waals surface area contributed by atoms with Gasteiger partial charge >= 0.3 is 6.18 Å². The van der Waals surface area contributed by atoms with Gasteiger partial charge in [-0.1, -0.05) is 19.9 Å². The Labute approximate surface area is 118 Å². The lowest BCUT2D eigenvalue weighted by Crippen LogP contribution is -2.35. The highest BCUT2D eigenvalue weighted by atomic mass is 19.4. The number of anilines is 1. The summed E-state index contributed by atoms with van der Waals surface area (Å²) in [7, 11) is 0. The van der Waals surface area contributed by atoms with Gasteiger partial charge in [0.15, 0.2) is 0 Å². The van der Waals surface area contributed by atoms with Gasteiger partial charge in [0.05, 0.1) is 5.69 Å². The third-order valence-corrected chi connectivity index (χ3v) is 2.71. The quantitative estimate of drug-likeness (QED) is 0.744. The molecule has 0 saturated heterocycles. The molecule has 6 heteroatoms. The lowest BCUT2D eigenvalue weighted by Gasteiger charge is -2.24. The summed E-state index contributed by atoms with van der Waals surface area (Å²) in [6.45, 7) is 4.75. The number of rotatable bonds is 8. The number of aromatic nitrogens is 1. The maximum absolute atomic E-state index is 12.6. The molecule has 3 nitrogen and oxygen atoms in total. The Morgan fingerprint density at radius 2 is 1.95 bits per heavy atom. The van der Waals surface area contributed by atoms with Crippen molar-refractivity contribution < 1.29 is 13.2 Å². The second-order valence-electron chi connectivity index (χ2n) is 4.70. The molecule has 0 atom stereocenters. The van der Waals surface area contributed by atoms with Crippen LogP contribution >= 0.6 is 0 Å². The molecule has 1 heterocycles. The first kappa shape index (κ1) is 16.8. The topological polar surface area (TPSA) is 28.2 Å². The van der Waals surface area contributed by atoms with Crippen molar-refractivity contribution in [2.75, 3.05) is 24.5 Å². The summed E-state index contributed by atoms with van der Waals surface area (Å²) in [4.78, 5) is 5.59. The Morgan fingerprint density at radius 1 is 1.20 bits per heavy atom. The van der Waals surface area contributed by atoms with Crippen LogP contribution in [0.5, 0.6) is 0 Å². The van der Waals surface area contributed by atoms with E-state index in [1.165, 1.54) is 4.90 Å². The number of pyridine rings is 1. The average molecular weight is 289 g/mol. The van der Waals surface area contributed by atoms with Crippen LogP contribution in [-0.2, 0) is 6.54 Å². The molecule has 0 aliphatic rings. The number of hydrogen-bond acceptors (Lipinski definition) is 3. The minimum atomic E-state index is -4.21. The Morgan fingerprint density at radius 3 is 2.55 bits per heavy atom. The van der Waals surface area contributed by atoms with Crippen molar-refractivity contribution in [1.82, 2.24) is 10.3 Å².